The zero-order chi connectivity index (χ0) is 14.2. The maximum atomic E-state index is 12.8. The fraction of sp³-hybridized carbons (Fsp3) is 0.533. The number of rotatable bonds is 3. The van der Waals surface area contributed by atoms with Gasteiger partial charge in [-0.25, -0.2) is 4.39 Å². The SMILES string of the molecule is NC1(C(=O)N2CCC(Oc3ccc(F)cc3)CC2)CC1. The van der Waals surface area contributed by atoms with E-state index < -0.39 is 5.54 Å². The van der Waals surface area contributed by atoms with Crippen LogP contribution in [-0.4, -0.2) is 35.5 Å². The van der Waals surface area contributed by atoms with E-state index in [0.717, 1.165) is 25.7 Å². The van der Waals surface area contributed by atoms with E-state index in [1.807, 2.05) is 4.90 Å². The van der Waals surface area contributed by atoms with Gasteiger partial charge in [0.25, 0.3) is 0 Å². The summed E-state index contributed by atoms with van der Waals surface area (Å²) in [5, 5.41) is 0. The van der Waals surface area contributed by atoms with Gasteiger partial charge in [0.2, 0.25) is 5.91 Å². The third-order valence-electron chi connectivity index (χ3n) is 4.06. The number of hydrogen-bond donors (Lipinski definition) is 1. The number of nitrogens with zero attached hydrogens (tertiary/aromatic N) is 1. The molecule has 0 spiro atoms. The third kappa shape index (κ3) is 2.77. The molecule has 2 fully saturated rings. The lowest BCUT2D eigenvalue weighted by Crippen LogP contribution is -2.50. The van der Waals surface area contributed by atoms with E-state index in [1.54, 1.807) is 12.1 Å². The highest BCUT2D eigenvalue weighted by atomic mass is 19.1. The van der Waals surface area contributed by atoms with Crippen molar-refractivity contribution >= 4 is 5.91 Å². The van der Waals surface area contributed by atoms with Crippen molar-refractivity contribution in [2.75, 3.05) is 13.1 Å². The van der Waals surface area contributed by atoms with Gasteiger partial charge in [0, 0.05) is 25.9 Å². The van der Waals surface area contributed by atoms with Crippen LogP contribution < -0.4 is 10.5 Å². The van der Waals surface area contributed by atoms with E-state index >= 15 is 0 Å². The summed E-state index contributed by atoms with van der Waals surface area (Å²) in [6.07, 6.45) is 3.27. The Kier molecular flexibility index (Phi) is 3.38. The molecular formula is C15H19FN2O2. The standard InChI is InChI=1S/C15H19FN2O2/c16-11-1-3-12(4-2-11)20-13-5-9-18(10-6-13)14(19)15(17)7-8-15/h1-4,13H,5-10,17H2. The van der Waals surface area contributed by atoms with E-state index in [0.29, 0.717) is 18.8 Å². The molecule has 2 aliphatic rings. The van der Waals surface area contributed by atoms with Crippen LogP contribution in [0.25, 0.3) is 0 Å². The van der Waals surface area contributed by atoms with Crippen LogP contribution in [0.15, 0.2) is 24.3 Å². The molecule has 1 saturated carbocycles. The normalized spacial score (nSPS) is 21.6. The van der Waals surface area contributed by atoms with Crippen molar-refractivity contribution in [3.63, 3.8) is 0 Å². The van der Waals surface area contributed by atoms with E-state index in [4.69, 9.17) is 10.5 Å². The summed E-state index contributed by atoms with van der Waals surface area (Å²) in [6.45, 7) is 1.37. The fourth-order valence-electron chi connectivity index (χ4n) is 2.55. The van der Waals surface area contributed by atoms with Crippen molar-refractivity contribution in [3.05, 3.63) is 30.1 Å². The highest BCUT2D eigenvalue weighted by molar-refractivity contribution is 5.89. The summed E-state index contributed by atoms with van der Waals surface area (Å²) in [7, 11) is 0. The first-order chi connectivity index (χ1) is 9.57. The fourth-order valence-corrected chi connectivity index (χ4v) is 2.55. The van der Waals surface area contributed by atoms with Gasteiger partial charge >= 0.3 is 0 Å². The van der Waals surface area contributed by atoms with Crippen LogP contribution in [0.3, 0.4) is 0 Å². The van der Waals surface area contributed by atoms with Gasteiger partial charge in [-0.05, 0) is 37.1 Å². The molecule has 108 valence electrons. The first-order valence-electron chi connectivity index (χ1n) is 7.07. The van der Waals surface area contributed by atoms with Gasteiger partial charge in [0.05, 0.1) is 5.54 Å². The molecule has 0 unspecified atom stereocenters. The van der Waals surface area contributed by atoms with E-state index in [1.165, 1.54) is 12.1 Å². The minimum atomic E-state index is -0.579. The lowest BCUT2D eigenvalue weighted by Gasteiger charge is -2.33. The van der Waals surface area contributed by atoms with E-state index in [9.17, 15) is 9.18 Å². The zero-order valence-corrected chi connectivity index (χ0v) is 11.3. The number of hydrogen-bond acceptors (Lipinski definition) is 3. The molecule has 0 atom stereocenters. The Hall–Kier alpha value is -1.62. The molecule has 1 saturated heterocycles. The highest BCUT2D eigenvalue weighted by Crippen LogP contribution is 2.35. The molecule has 1 aromatic rings. The van der Waals surface area contributed by atoms with Gasteiger partial charge in [0.1, 0.15) is 17.7 Å². The van der Waals surface area contributed by atoms with Crippen LogP contribution >= 0.6 is 0 Å². The van der Waals surface area contributed by atoms with Crippen LogP contribution in [0.1, 0.15) is 25.7 Å². The largest absolute Gasteiger partial charge is 0.490 e. The summed E-state index contributed by atoms with van der Waals surface area (Å²) in [4.78, 5) is 13.9. The average Bonchev–Trinajstić information content (AvgIpc) is 3.21. The minimum absolute atomic E-state index is 0.0810. The van der Waals surface area contributed by atoms with Crippen molar-refractivity contribution in [3.8, 4) is 5.75 Å². The van der Waals surface area contributed by atoms with Gasteiger partial charge in [-0.1, -0.05) is 0 Å². The van der Waals surface area contributed by atoms with Crippen molar-refractivity contribution in [2.24, 2.45) is 5.73 Å². The molecule has 0 bridgehead atoms. The molecule has 0 aromatic heterocycles. The Morgan fingerprint density at radius 2 is 1.85 bits per heavy atom. The van der Waals surface area contributed by atoms with Gasteiger partial charge in [-0.15, -0.1) is 0 Å². The lowest BCUT2D eigenvalue weighted by atomic mass is 10.1. The number of piperidine rings is 1. The van der Waals surface area contributed by atoms with Gasteiger partial charge in [0.15, 0.2) is 0 Å². The molecule has 20 heavy (non-hydrogen) atoms. The number of carbonyl (C=O) groups excluding carboxylic acids is 1. The van der Waals surface area contributed by atoms with Gasteiger partial charge < -0.3 is 15.4 Å². The Labute approximate surface area is 117 Å². The molecule has 1 aliphatic carbocycles. The number of amides is 1. The number of carbonyl (C=O) groups is 1. The maximum absolute atomic E-state index is 12.8. The Morgan fingerprint density at radius 3 is 2.40 bits per heavy atom. The van der Waals surface area contributed by atoms with E-state index in [-0.39, 0.29) is 17.8 Å². The molecule has 1 amide bonds. The van der Waals surface area contributed by atoms with Crippen molar-refractivity contribution in [1.29, 1.82) is 0 Å². The van der Waals surface area contributed by atoms with Crippen LogP contribution in [-0.2, 0) is 4.79 Å². The lowest BCUT2D eigenvalue weighted by molar-refractivity contribution is -0.135. The number of benzene rings is 1. The second-order valence-corrected chi connectivity index (χ2v) is 5.72. The quantitative estimate of drug-likeness (QED) is 0.915. The van der Waals surface area contributed by atoms with E-state index in [2.05, 4.69) is 0 Å². The van der Waals surface area contributed by atoms with Crippen molar-refractivity contribution in [1.82, 2.24) is 4.90 Å². The number of ether oxygens (including phenoxy) is 1. The predicted molar refractivity (Wildman–Crippen MR) is 72.8 cm³/mol. The zero-order valence-electron chi connectivity index (χ0n) is 11.3. The van der Waals surface area contributed by atoms with Gasteiger partial charge in [-0.2, -0.15) is 0 Å². The van der Waals surface area contributed by atoms with Crippen LogP contribution in [0, 0.1) is 5.82 Å². The second kappa shape index (κ2) is 5.05. The average molecular weight is 278 g/mol. The smallest absolute Gasteiger partial charge is 0.242 e. The Morgan fingerprint density at radius 1 is 1.25 bits per heavy atom. The molecule has 1 heterocycles. The molecule has 3 rings (SSSR count). The predicted octanol–water partition coefficient (Wildman–Crippen LogP) is 1.69. The van der Waals surface area contributed by atoms with Gasteiger partial charge in [-0.3, -0.25) is 4.79 Å². The number of nitrogens with two attached hydrogens (primary N) is 1. The number of likely N-dealkylation sites (tertiary alicyclic amines) is 1. The summed E-state index contributed by atoms with van der Waals surface area (Å²) in [5.41, 5.74) is 5.36. The van der Waals surface area contributed by atoms with Crippen molar-refractivity contribution in [2.45, 2.75) is 37.3 Å². The van der Waals surface area contributed by atoms with Crippen molar-refractivity contribution < 1.29 is 13.9 Å². The summed E-state index contributed by atoms with van der Waals surface area (Å²) < 4.78 is 18.6. The molecule has 1 aliphatic heterocycles. The summed E-state index contributed by atoms with van der Waals surface area (Å²) >= 11 is 0. The first kappa shape index (κ1) is 13.4. The molecule has 0 radical (unpaired) electrons. The molecular weight excluding hydrogens is 259 g/mol. The second-order valence-electron chi connectivity index (χ2n) is 5.72. The topological polar surface area (TPSA) is 55.6 Å². The van der Waals surface area contributed by atoms with Crippen LogP contribution in [0.4, 0.5) is 4.39 Å². The maximum Gasteiger partial charge on any atom is 0.242 e. The molecule has 5 heteroatoms. The minimum Gasteiger partial charge on any atom is -0.490 e. The van der Waals surface area contributed by atoms with Crippen LogP contribution in [0.2, 0.25) is 0 Å². The summed E-state index contributed by atoms with van der Waals surface area (Å²) in [6, 6.07) is 6.04. The third-order valence-corrected chi connectivity index (χ3v) is 4.06. The Balaban J connectivity index is 1.51. The monoisotopic (exact) mass is 278 g/mol. The van der Waals surface area contributed by atoms with Crippen LogP contribution in [0.5, 0.6) is 5.75 Å². The number of halogens is 1. The first-order valence-corrected chi connectivity index (χ1v) is 7.07. The highest BCUT2D eigenvalue weighted by Gasteiger charge is 2.48. The Bertz CT molecular complexity index is 491. The molecule has 1 aromatic carbocycles. The molecule has 4 nitrogen and oxygen atoms in total. The molecule has 2 N–H and O–H groups in total. The summed E-state index contributed by atoms with van der Waals surface area (Å²) in [5.74, 6) is 0.488.